The number of aromatic nitrogens is 4. The lowest BCUT2D eigenvalue weighted by Gasteiger charge is -2.12. The molecule has 33 heavy (non-hydrogen) atoms. The Kier molecular flexibility index (Phi) is 5.36. The van der Waals surface area contributed by atoms with Crippen LogP contribution in [0.1, 0.15) is 24.3 Å². The maximum Gasteiger partial charge on any atom is 0.274 e. The van der Waals surface area contributed by atoms with Gasteiger partial charge in [-0.25, -0.2) is 4.68 Å². The normalized spacial score (nSPS) is 11.1. The van der Waals surface area contributed by atoms with Crippen molar-refractivity contribution in [3.8, 4) is 22.7 Å². The van der Waals surface area contributed by atoms with E-state index in [1.54, 1.807) is 29.3 Å². The maximum absolute atomic E-state index is 13.1. The van der Waals surface area contributed by atoms with Gasteiger partial charge >= 0.3 is 0 Å². The molecular formula is C26H23N5O2. The number of anilines is 1. The molecule has 7 heteroatoms. The summed E-state index contributed by atoms with van der Waals surface area (Å²) in [5.74, 6) is 1.29. The molecule has 4 heterocycles. The van der Waals surface area contributed by atoms with Gasteiger partial charge in [0, 0.05) is 29.8 Å². The van der Waals surface area contributed by atoms with Gasteiger partial charge in [-0.1, -0.05) is 6.07 Å². The second-order valence-corrected chi connectivity index (χ2v) is 7.91. The highest BCUT2D eigenvalue weighted by Gasteiger charge is 2.16. The molecule has 1 aromatic carbocycles. The Morgan fingerprint density at radius 1 is 0.879 bits per heavy atom. The van der Waals surface area contributed by atoms with Gasteiger partial charge in [-0.05, 0) is 85.6 Å². The summed E-state index contributed by atoms with van der Waals surface area (Å²) in [4.78, 5) is 17.2. The quantitative estimate of drug-likeness (QED) is 0.395. The maximum atomic E-state index is 13.1. The molecule has 0 fully saturated rings. The number of fused-ring (bicyclic) bond motifs is 1. The number of pyridine rings is 2. The molecule has 5 aromatic rings. The minimum absolute atomic E-state index is 0.0933. The van der Waals surface area contributed by atoms with Crippen molar-refractivity contribution < 1.29 is 9.53 Å². The lowest BCUT2D eigenvalue weighted by Crippen LogP contribution is -2.17. The van der Waals surface area contributed by atoms with E-state index < -0.39 is 0 Å². The Bertz CT molecular complexity index is 1400. The smallest absolute Gasteiger partial charge is 0.274 e. The van der Waals surface area contributed by atoms with Crippen LogP contribution in [0.3, 0.4) is 0 Å². The molecule has 0 bridgehead atoms. The minimum atomic E-state index is -0.245. The van der Waals surface area contributed by atoms with Crippen LogP contribution in [-0.4, -0.2) is 31.2 Å². The highest BCUT2D eigenvalue weighted by Crippen LogP contribution is 2.23. The number of ether oxygens (including phenoxy) is 1. The molecule has 0 aliphatic carbocycles. The first-order chi connectivity index (χ1) is 16.1. The summed E-state index contributed by atoms with van der Waals surface area (Å²) in [6.45, 7) is 3.95. The molecule has 1 amide bonds. The van der Waals surface area contributed by atoms with E-state index in [1.165, 1.54) is 0 Å². The van der Waals surface area contributed by atoms with E-state index in [2.05, 4.69) is 21.5 Å². The number of carbonyl (C=O) groups is 1. The summed E-state index contributed by atoms with van der Waals surface area (Å²) in [5, 5.41) is 7.37. The van der Waals surface area contributed by atoms with Crippen LogP contribution in [0.4, 0.5) is 5.69 Å². The minimum Gasteiger partial charge on any atom is -0.491 e. The Balaban J connectivity index is 1.44. The van der Waals surface area contributed by atoms with E-state index in [4.69, 9.17) is 4.74 Å². The Morgan fingerprint density at radius 2 is 1.64 bits per heavy atom. The van der Waals surface area contributed by atoms with Crippen LogP contribution >= 0.6 is 0 Å². The van der Waals surface area contributed by atoms with Crippen LogP contribution in [0.2, 0.25) is 0 Å². The fourth-order valence-electron chi connectivity index (χ4n) is 3.72. The number of amides is 1. The van der Waals surface area contributed by atoms with Crippen LogP contribution in [0, 0.1) is 0 Å². The predicted octanol–water partition coefficient (Wildman–Crippen LogP) is 5.23. The highest BCUT2D eigenvalue weighted by atomic mass is 16.5. The third kappa shape index (κ3) is 4.21. The van der Waals surface area contributed by atoms with E-state index >= 15 is 0 Å². The fourth-order valence-corrected chi connectivity index (χ4v) is 3.72. The molecule has 7 nitrogen and oxygen atoms in total. The third-order valence-corrected chi connectivity index (χ3v) is 5.22. The summed E-state index contributed by atoms with van der Waals surface area (Å²) >= 11 is 0. The van der Waals surface area contributed by atoms with Gasteiger partial charge in [0.15, 0.2) is 0 Å². The molecule has 0 saturated heterocycles. The molecule has 0 spiro atoms. The van der Waals surface area contributed by atoms with Crippen molar-refractivity contribution in [1.29, 1.82) is 0 Å². The number of carbonyl (C=O) groups excluding carboxylic acids is 1. The Hall–Kier alpha value is -4.39. The number of nitrogens with one attached hydrogen (secondary N) is 1. The molecule has 4 aromatic heterocycles. The van der Waals surface area contributed by atoms with E-state index in [-0.39, 0.29) is 12.0 Å². The predicted molar refractivity (Wildman–Crippen MR) is 128 cm³/mol. The molecule has 0 aliphatic heterocycles. The lowest BCUT2D eigenvalue weighted by molar-refractivity contribution is 0.101. The molecule has 5 rings (SSSR count). The summed E-state index contributed by atoms with van der Waals surface area (Å²) in [5.41, 5.74) is 4.24. The van der Waals surface area contributed by atoms with Gasteiger partial charge in [-0.15, -0.1) is 0 Å². The molecule has 0 unspecified atom stereocenters. The van der Waals surface area contributed by atoms with Crippen molar-refractivity contribution in [2.75, 3.05) is 5.32 Å². The van der Waals surface area contributed by atoms with Crippen molar-refractivity contribution in [1.82, 2.24) is 19.2 Å². The summed E-state index contributed by atoms with van der Waals surface area (Å²) in [6.07, 6.45) is 7.30. The zero-order valence-corrected chi connectivity index (χ0v) is 18.3. The number of benzene rings is 1. The van der Waals surface area contributed by atoms with Gasteiger partial charge in [-0.2, -0.15) is 5.10 Å². The van der Waals surface area contributed by atoms with Gasteiger partial charge in [0.05, 0.1) is 12.3 Å². The zero-order chi connectivity index (χ0) is 22.8. The summed E-state index contributed by atoms with van der Waals surface area (Å²) in [7, 11) is 0. The first-order valence-electron chi connectivity index (χ1n) is 10.7. The second-order valence-electron chi connectivity index (χ2n) is 7.91. The lowest BCUT2D eigenvalue weighted by atomic mass is 10.1. The Morgan fingerprint density at radius 3 is 2.39 bits per heavy atom. The fraction of sp³-hybridized carbons (Fsp3) is 0.115. The SMILES string of the molecule is CC(C)Oc1ccc(NC(=O)c2ccnn2-c2ccc3ccc(-c4ccncc4)cn23)cc1. The van der Waals surface area contributed by atoms with Crippen molar-refractivity contribution in [3.63, 3.8) is 0 Å². The first kappa shape index (κ1) is 20.5. The van der Waals surface area contributed by atoms with E-state index in [9.17, 15) is 4.79 Å². The van der Waals surface area contributed by atoms with Gasteiger partial charge in [0.1, 0.15) is 17.3 Å². The van der Waals surface area contributed by atoms with E-state index in [1.807, 2.05) is 79.0 Å². The van der Waals surface area contributed by atoms with Crippen molar-refractivity contribution in [2.24, 2.45) is 0 Å². The number of hydrogen-bond donors (Lipinski definition) is 1. The first-order valence-corrected chi connectivity index (χ1v) is 10.7. The Labute approximate surface area is 191 Å². The van der Waals surface area contributed by atoms with Crippen LogP contribution in [-0.2, 0) is 0 Å². The van der Waals surface area contributed by atoms with Gasteiger partial charge in [0.2, 0.25) is 0 Å². The van der Waals surface area contributed by atoms with Crippen molar-refractivity contribution in [3.05, 3.63) is 97.2 Å². The number of rotatable bonds is 6. The van der Waals surface area contributed by atoms with Gasteiger partial charge in [-0.3, -0.25) is 9.78 Å². The molecule has 0 aliphatic rings. The number of nitrogens with zero attached hydrogens (tertiary/aromatic N) is 4. The van der Waals surface area contributed by atoms with Gasteiger partial charge in [0.25, 0.3) is 5.91 Å². The standard InChI is InChI=1S/C26H23N5O2/c1-18(2)33-23-8-4-21(5-9-23)29-26(32)24-13-16-28-31(24)25-10-7-22-6-3-20(17-30(22)25)19-11-14-27-15-12-19/h3-18H,1-2H3,(H,29,32). The average molecular weight is 438 g/mol. The summed E-state index contributed by atoms with van der Waals surface area (Å²) in [6, 6.07) is 21.0. The monoisotopic (exact) mass is 437 g/mol. The largest absolute Gasteiger partial charge is 0.491 e. The van der Waals surface area contributed by atoms with Crippen molar-refractivity contribution >= 4 is 17.1 Å². The number of hydrogen-bond acceptors (Lipinski definition) is 4. The highest BCUT2D eigenvalue weighted by molar-refractivity contribution is 6.03. The van der Waals surface area contributed by atoms with Crippen LogP contribution in [0.25, 0.3) is 22.5 Å². The van der Waals surface area contributed by atoms with Crippen LogP contribution in [0.5, 0.6) is 5.75 Å². The molecule has 164 valence electrons. The van der Waals surface area contributed by atoms with E-state index in [0.29, 0.717) is 11.4 Å². The second kappa shape index (κ2) is 8.63. The van der Waals surface area contributed by atoms with E-state index in [0.717, 1.165) is 28.2 Å². The molecule has 1 N–H and O–H groups in total. The molecule has 0 saturated carbocycles. The van der Waals surface area contributed by atoms with Crippen LogP contribution < -0.4 is 10.1 Å². The van der Waals surface area contributed by atoms with Gasteiger partial charge < -0.3 is 14.5 Å². The summed E-state index contributed by atoms with van der Waals surface area (Å²) < 4.78 is 9.34. The zero-order valence-electron chi connectivity index (χ0n) is 18.3. The van der Waals surface area contributed by atoms with Crippen LogP contribution in [0.15, 0.2) is 91.5 Å². The average Bonchev–Trinajstić information content (AvgIpc) is 3.47. The topological polar surface area (TPSA) is 73.4 Å². The molecular weight excluding hydrogens is 414 g/mol. The molecule has 0 atom stereocenters. The molecule has 0 radical (unpaired) electrons. The van der Waals surface area contributed by atoms with Crippen molar-refractivity contribution in [2.45, 2.75) is 20.0 Å². The third-order valence-electron chi connectivity index (χ3n) is 5.22.